The van der Waals surface area contributed by atoms with Crippen molar-refractivity contribution in [1.82, 2.24) is 0 Å². The van der Waals surface area contributed by atoms with E-state index < -0.39 is 16.6 Å². The minimum Gasteiger partial charge on any atom is -0.544 e. The minimum atomic E-state index is -1.90. The Hall–Kier alpha value is -2.31. The molecule has 4 heteroatoms. The predicted octanol–water partition coefficient (Wildman–Crippen LogP) is 12.2. The Balaban J connectivity index is 1.99. The third-order valence-electron chi connectivity index (χ3n) is 10.1. The van der Waals surface area contributed by atoms with E-state index in [0.29, 0.717) is 11.8 Å². The van der Waals surface area contributed by atoms with E-state index in [-0.39, 0.29) is 16.0 Å². The van der Waals surface area contributed by atoms with Gasteiger partial charge in [0.2, 0.25) is 16.6 Å². The van der Waals surface area contributed by atoms with E-state index in [0.717, 1.165) is 17.9 Å². The van der Waals surface area contributed by atoms with Crippen molar-refractivity contribution < 1.29 is 8.85 Å². The molecule has 230 valence electrons. The Morgan fingerprint density at radius 3 is 1.33 bits per heavy atom. The summed E-state index contributed by atoms with van der Waals surface area (Å²) in [6, 6.07) is 29.1. The van der Waals surface area contributed by atoms with Gasteiger partial charge in [-0.05, 0) is 102 Å². The molecule has 0 aliphatic rings. The zero-order valence-electron chi connectivity index (χ0n) is 28.7. The second-order valence-corrected chi connectivity index (χ2v) is 25.0. The fraction of sp³-hybridized carbons (Fsp3) is 0.526. The van der Waals surface area contributed by atoms with Gasteiger partial charge in [-0.2, -0.15) is 0 Å². The maximum Gasteiger partial charge on any atom is 0.250 e. The van der Waals surface area contributed by atoms with E-state index in [9.17, 15) is 0 Å². The van der Waals surface area contributed by atoms with Gasteiger partial charge in [0.15, 0.2) is 0 Å². The largest absolute Gasteiger partial charge is 0.544 e. The lowest BCUT2D eigenvalue weighted by Crippen LogP contribution is -2.43. The molecular formula is C38H58O2Si2. The van der Waals surface area contributed by atoms with Crippen LogP contribution in [0.5, 0.6) is 11.5 Å². The first-order chi connectivity index (χ1) is 19.4. The van der Waals surface area contributed by atoms with Crippen LogP contribution >= 0.6 is 0 Å². The van der Waals surface area contributed by atoms with Gasteiger partial charge in [0.25, 0.3) is 0 Å². The summed E-state index contributed by atoms with van der Waals surface area (Å²) in [5.41, 5.74) is 4.14. The Bertz CT molecular complexity index is 1160. The van der Waals surface area contributed by atoms with Crippen molar-refractivity contribution in [3.05, 3.63) is 95.6 Å². The van der Waals surface area contributed by atoms with E-state index in [1.807, 2.05) is 0 Å². The highest BCUT2D eigenvalue weighted by Crippen LogP contribution is 2.42. The quantitative estimate of drug-likeness (QED) is 0.192. The standard InChI is InChI=1S/C38H58O2Si2/c1-13-29(2)27-33(30-17-15-14-16-18-30)28-36(31-19-23-34(24-20-31)39-41(9,10)37(3,4)5)32-21-25-35(26-22-32)40-42(11,12)38(6,7)8/h14-26,29,33,36H,13,27-28H2,1-12H3. The van der Waals surface area contributed by atoms with Crippen LogP contribution in [0.25, 0.3) is 0 Å². The molecule has 0 bridgehead atoms. The molecule has 0 amide bonds. The van der Waals surface area contributed by atoms with Gasteiger partial charge in [0, 0.05) is 5.92 Å². The second-order valence-electron chi connectivity index (χ2n) is 15.5. The van der Waals surface area contributed by atoms with Crippen LogP contribution in [0.1, 0.15) is 103 Å². The van der Waals surface area contributed by atoms with E-state index >= 15 is 0 Å². The molecule has 3 aromatic rings. The molecule has 0 aliphatic carbocycles. The van der Waals surface area contributed by atoms with Crippen molar-refractivity contribution in [3.8, 4) is 11.5 Å². The summed E-state index contributed by atoms with van der Waals surface area (Å²) in [6.45, 7) is 27.7. The Morgan fingerprint density at radius 2 is 0.976 bits per heavy atom. The molecule has 0 heterocycles. The molecule has 0 fully saturated rings. The molecule has 2 atom stereocenters. The lowest BCUT2D eigenvalue weighted by molar-refractivity contribution is 0.425. The molecule has 0 N–H and O–H groups in total. The topological polar surface area (TPSA) is 18.5 Å². The fourth-order valence-electron chi connectivity index (χ4n) is 4.93. The molecule has 2 unspecified atom stereocenters. The Labute approximate surface area is 260 Å². The summed E-state index contributed by atoms with van der Waals surface area (Å²) in [6.07, 6.45) is 3.46. The molecule has 0 saturated carbocycles. The maximum atomic E-state index is 6.64. The average molecular weight is 603 g/mol. The minimum absolute atomic E-state index is 0.168. The van der Waals surface area contributed by atoms with Gasteiger partial charge in [-0.25, -0.2) is 0 Å². The summed E-state index contributed by atoms with van der Waals surface area (Å²) in [4.78, 5) is 0. The second kappa shape index (κ2) is 13.6. The molecule has 3 rings (SSSR count). The van der Waals surface area contributed by atoms with Crippen LogP contribution in [0.3, 0.4) is 0 Å². The van der Waals surface area contributed by atoms with Crippen LogP contribution < -0.4 is 8.85 Å². The fourth-order valence-corrected chi connectivity index (χ4v) is 6.99. The van der Waals surface area contributed by atoms with Crippen molar-refractivity contribution in [3.63, 3.8) is 0 Å². The number of hydrogen-bond acceptors (Lipinski definition) is 2. The zero-order chi connectivity index (χ0) is 31.3. The third kappa shape index (κ3) is 8.86. The van der Waals surface area contributed by atoms with Crippen molar-refractivity contribution in [2.24, 2.45) is 5.92 Å². The molecule has 2 nitrogen and oxygen atoms in total. The van der Waals surface area contributed by atoms with Crippen LogP contribution in [0, 0.1) is 5.92 Å². The first-order valence-corrected chi connectivity index (χ1v) is 21.9. The summed E-state index contributed by atoms with van der Waals surface area (Å²) in [7, 11) is -3.79. The van der Waals surface area contributed by atoms with Crippen molar-refractivity contribution in [2.75, 3.05) is 0 Å². The van der Waals surface area contributed by atoms with Crippen LogP contribution in [0.2, 0.25) is 36.3 Å². The van der Waals surface area contributed by atoms with Gasteiger partial charge in [0.1, 0.15) is 11.5 Å². The number of hydrogen-bond donors (Lipinski definition) is 0. The smallest absolute Gasteiger partial charge is 0.250 e. The van der Waals surface area contributed by atoms with Crippen molar-refractivity contribution in [2.45, 2.75) is 123 Å². The lowest BCUT2D eigenvalue weighted by atomic mass is 9.77. The highest BCUT2D eigenvalue weighted by molar-refractivity contribution is 6.75. The van der Waals surface area contributed by atoms with Crippen LogP contribution in [-0.2, 0) is 0 Å². The monoisotopic (exact) mass is 602 g/mol. The lowest BCUT2D eigenvalue weighted by Gasteiger charge is -2.36. The van der Waals surface area contributed by atoms with Gasteiger partial charge >= 0.3 is 0 Å². The molecule has 0 aromatic heterocycles. The Morgan fingerprint density at radius 1 is 0.571 bits per heavy atom. The summed E-state index contributed by atoms with van der Waals surface area (Å²) < 4.78 is 13.3. The number of benzene rings is 3. The average Bonchev–Trinajstić information content (AvgIpc) is 2.91. The first kappa shape index (κ1) is 34.2. The zero-order valence-corrected chi connectivity index (χ0v) is 30.7. The molecule has 42 heavy (non-hydrogen) atoms. The molecule has 3 aromatic carbocycles. The van der Waals surface area contributed by atoms with Crippen LogP contribution in [0.15, 0.2) is 78.9 Å². The highest BCUT2D eigenvalue weighted by atomic mass is 28.4. The number of rotatable bonds is 12. The van der Waals surface area contributed by atoms with E-state index in [1.165, 1.54) is 29.5 Å². The summed E-state index contributed by atoms with van der Waals surface area (Å²) in [5.74, 6) is 3.42. The predicted molar refractivity (Wildman–Crippen MR) is 188 cm³/mol. The van der Waals surface area contributed by atoms with Crippen LogP contribution in [-0.4, -0.2) is 16.6 Å². The van der Waals surface area contributed by atoms with Gasteiger partial charge in [-0.1, -0.05) is 116 Å². The third-order valence-corrected chi connectivity index (χ3v) is 18.8. The van der Waals surface area contributed by atoms with E-state index in [4.69, 9.17) is 8.85 Å². The highest BCUT2D eigenvalue weighted by Gasteiger charge is 2.40. The Kier molecular flexibility index (Phi) is 11.0. The molecular weight excluding hydrogens is 545 g/mol. The SMILES string of the molecule is CCC(C)CC(CC(c1ccc(O[Si](C)(C)C(C)(C)C)cc1)c1ccc(O[Si](C)(C)C(C)(C)C)cc1)c1ccccc1. The van der Waals surface area contributed by atoms with Crippen LogP contribution in [0.4, 0.5) is 0 Å². The van der Waals surface area contributed by atoms with Gasteiger partial charge in [-0.15, -0.1) is 0 Å². The molecule has 0 saturated heterocycles. The first-order valence-electron chi connectivity index (χ1n) is 16.1. The molecule has 0 radical (unpaired) electrons. The van der Waals surface area contributed by atoms with E-state index in [1.54, 1.807) is 0 Å². The van der Waals surface area contributed by atoms with Gasteiger partial charge in [-0.3, -0.25) is 0 Å². The van der Waals surface area contributed by atoms with E-state index in [2.05, 4.69) is 160 Å². The van der Waals surface area contributed by atoms with Gasteiger partial charge in [0.05, 0.1) is 0 Å². The van der Waals surface area contributed by atoms with Crippen molar-refractivity contribution >= 4 is 16.6 Å². The normalized spacial score (nSPS) is 14.5. The van der Waals surface area contributed by atoms with Gasteiger partial charge < -0.3 is 8.85 Å². The summed E-state index contributed by atoms with van der Waals surface area (Å²) >= 11 is 0. The maximum absolute atomic E-state index is 6.64. The van der Waals surface area contributed by atoms with Crippen molar-refractivity contribution in [1.29, 1.82) is 0 Å². The summed E-state index contributed by atoms with van der Waals surface area (Å²) in [5, 5.41) is 0.336. The molecule has 0 aliphatic heterocycles. The molecule has 0 spiro atoms.